The molecule has 2 unspecified atom stereocenters. The molecule has 18 heavy (non-hydrogen) atoms. The summed E-state index contributed by atoms with van der Waals surface area (Å²) in [5.41, 5.74) is 1.29. The Morgan fingerprint density at radius 1 is 1.67 bits per heavy atom. The minimum absolute atomic E-state index is 0.285. The van der Waals surface area contributed by atoms with Crippen LogP contribution in [0.25, 0.3) is 0 Å². The van der Waals surface area contributed by atoms with Crippen molar-refractivity contribution >= 4 is 17.3 Å². The van der Waals surface area contributed by atoms with E-state index in [1.807, 2.05) is 0 Å². The molecule has 4 heteroatoms. The Hall–Kier alpha value is -0.870. The van der Waals surface area contributed by atoms with Crippen LogP contribution in [-0.4, -0.2) is 28.6 Å². The van der Waals surface area contributed by atoms with Gasteiger partial charge in [0.25, 0.3) is 0 Å². The topological polar surface area (TPSA) is 40.5 Å². The van der Waals surface area contributed by atoms with Gasteiger partial charge in [0.1, 0.15) is 6.04 Å². The van der Waals surface area contributed by atoms with Crippen LogP contribution in [0.15, 0.2) is 16.8 Å². The first-order valence-electron chi connectivity index (χ1n) is 6.74. The molecule has 2 rings (SSSR count). The van der Waals surface area contributed by atoms with Crippen molar-refractivity contribution in [1.82, 2.24) is 4.90 Å². The third kappa shape index (κ3) is 2.93. The van der Waals surface area contributed by atoms with Crippen molar-refractivity contribution in [2.24, 2.45) is 0 Å². The Kier molecular flexibility index (Phi) is 4.78. The predicted octanol–water partition coefficient (Wildman–Crippen LogP) is 3.53. The molecular weight excluding hydrogens is 246 g/mol. The van der Waals surface area contributed by atoms with Gasteiger partial charge in [-0.3, -0.25) is 9.69 Å². The highest BCUT2D eigenvalue weighted by molar-refractivity contribution is 7.07. The molecule has 0 radical (unpaired) electrons. The monoisotopic (exact) mass is 267 g/mol. The van der Waals surface area contributed by atoms with Gasteiger partial charge in [-0.1, -0.05) is 19.8 Å². The van der Waals surface area contributed by atoms with Crippen LogP contribution in [0, 0.1) is 0 Å². The second-order valence-corrected chi connectivity index (χ2v) is 5.73. The molecule has 100 valence electrons. The Balaban J connectivity index is 2.15. The molecule has 1 aromatic heterocycles. The molecule has 1 aliphatic heterocycles. The number of carboxylic acid groups (broad SMARTS) is 1. The zero-order valence-corrected chi connectivity index (χ0v) is 11.7. The summed E-state index contributed by atoms with van der Waals surface area (Å²) in [6, 6.07) is 2.15. The van der Waals surface area contributed by atoms with Gasteiger partial charge in [0.2, 0.25) is 0 Å². The molecule has 1 fully saturated rings. The highest BCUT2D eigenvalue weighted by Gasteiger charge is 2.35. The maximum absolute atomic E-state index is 11.3. The largest absolute Gasteiger partial charge is 0.480 e. The van der Waals surface area contributed by atoms with Crippen LogP contribution in [0.5, 0.6) is 0 Å². The molecule has 1 aromatic rings. The van der Waals surface area contributed by atoms with Crippen LogP contribution in [-0.2, 0) is 4.79 Å². The molecule has 0 amide bonds. The SMILES string of the molecule is CCCCC(c1ccsc1)N1CCCC1C(=O)O. The summed E-state index contributed by atoms with van der Waals surface area (Å²) in [7, 11) is 0. The van der Waals surface area contributed by atoms with Gasteiger partial charge in [0.15, 0.2) is 0 Å². The van der Waals surface area contributed by atoms with E-state index in [4.69, 9.17) is 0 Å². The van der Waals surface area contributed by atoms with E-state index in [0.29, 0.717) is 6.04 Å². The first-order chi connectivity index (χ1) is 8.74. The number of thiophene rings is 1. The fourth-order valence-electron chi connectivity index (χ4n) is 2.81. The van der Waals surface area contributed by atoms with Crippen LogP contribution in [0.3, 0.4) is 0 Å². The first-order valence-corrected chi connectivity index (χ1v) is 7.69. The Bertz CT molecular complexity index is 377. The molecule has 3 nitrogen and oxygen atoms in total. The lowest BCUT2D eigenvalue weighted by Crippen LogP contribution is -2.38. The van der Waals surface area contributed by atoms with Gasteiger partial charge in [-0.15, -0.1) is 0 Å². The van der Waals surface area contributed by atoms with Gasteiger partial charge in [0, 0.05) is 6.04 Å². The molecule has 0 bridgehead atoms. The summed E-state index contributed by atoms with van der Waals surface area (Å²) < 4.78 is 0. The lowest BCUT2D eigenvalue weighted by molar-refractivity contribution is -0.143. The maximum Gasteiger partial charge on any atom is 0.320 e. The number of carboxylic acids is 1. The smallest absolute Gasteiger partial charge is 0.320 e. The van der Waals surface area contributed by atoms with E-state index in [1.54, 1.807) is 11.3 Å². The lowest BCUT2D eigenvalue weighted by Gasteiger charge is -2.30. The van der Waals surface area contributed by atoms with Crippen molar-refractivity contribution in [2.75, 3.05) is 6.54 Å². The van der Waals surface area contributed by atoms with E-state index in [9.17, 15) is 9.90 Å². The van der Waals surface area contributed by atoms with E-state index in [2.05, 4.69) is 28.7 Å². The van der Waals surface area contributed by atoms with Crippen molar-refractivity contribution in [1.29, 1.82) is 0 Å². The molecule has 2 heterocycles. The molecule has 1 aliphatic rings. The summed E-state index contributed by atoms with van der Waals surface area (Å²) in [5, 5.41) is 13.6. The molecule has 1 N–H and O–H groups in total. The van der Waals surface area contributed by atoms with Gasteiger partial charge < -0.3 is 5.11 Å². The van der Waals surface area contributed by atoms with Gasteiger partial charge in [-0.05, 0) is 48.2 Å². The van der Waals surface area contributed by atoms with Crippen LogP contribution in [0.1, 0.15) is 50.6 Å². The van der Waals surface area contributed by atoms with Crippen molar-refractivity contribution in [3.63, 3.8) is 0 Å². The summed E-state index contributed by atoms with van der Waals surface area (Å²) in [6.45, 7) is 3.10. The molecule has 0 spiro atoms. The van der Waals surface area contributed by atoms with Gasteiger partial charge in [-0.25, -0.2) is 0 Å². The fourth-order valence-corrected chi connectivity index (χ4v) is 3.52. The third-order valence-corrected chi connectivity index (χ3v) is 4.44. The highest BCUT2D eigenvalue weighted by Crippen LogP contribution is 2.34. The zero-order chi connectivity index (χ0) is 13.0. The average molecular weight is 267 g/mol. The van der Waals surface area contributed by atoms with E-state index >= 15 is 0 Å². The lowest BCUT2D eigenvalue weighted by atomic mass is 10.0. The molecule has 2 atom stereocenters. The third-order valence-electron chi connectivity index (χ3n) is 3.74. The number of rotatable bonds is 6. The standard InChI is InChI=1S/C14H21NO2S/c1-2-3-5-12(11-7-9-18-10-11)15-8-4-6-13(15)14(16)17/h7,9-10,12-13H,2-6,8H2,1H3,(H,16,17). The van der Waals surface area contributed by atoms with Crippen LogP contribution >= 0.6 is 11.3 Å². The predicted molar refractivity (Wildman–Crippen MR) is 73.9 cm³/mol. The minimum Gasteiger partial charge on any atom is -0.480 e. The van der Waals surface area contributed by atoms with Gasteiger partial charge in [-0.2, -0.15) is 11.3 Å². The highest BCUT2D eigenvalue weighted by atomic mass is 32.1. The van der Waals surface area contributed by atoms with Crippen molar-refractivity contribution in [3.8, 4) is 0 Å². The molecule has 1 saturated heterocycles. The number of nitrogens with zero attached hydrogens (tertiary/aromatic N) is 1. The summed E-state index contributed by atoms with van der Waals surface area (Å²) >= 11 is 1.70. The first kappa shape index (κ1) is 13.6. The van der Waals surface area contributed by atoms with E-state index in [0.717, 1.165) is 38.6 Å². The quantitative estimate of drug-likeness (QED) is 0.857. The number of hydrogen-bond acceptors (Lipinski definition) is 3. The maximum atomic E-state index is 11.3. The van der Waals surface area contributed by atoms with E-state index in [-0.39, 0.29) is 6.04 Å². The van der Waals surface area contributed by atoms with Crippen molar-refractivity contribution in [2.45, 2.75) is 51.1 Å². The Morgan fingerprint density at radius 2 is 2.50 bits per heavy atom. The summed E-state index contributed by atoms with van der Waals surface area (Å²) in [6.07, 6.45) is 5.18. The van der Waals surface area contributed by atoms with Crippen molar-refractivity contribution < 1.29 is 9.90 Å². The van der Waals surface area contributed by atoms with Crippen LogP contribution < -0.4 is 0 Å². The number of hydrogen-bond donors (Lipinski definition) is 1. The molecule has 0 saturated carbocycles. The molecule has 0 aromatic carbocycles. The number of likely N-dealkylation sites (tertiary alicyclic amines) is 1. The molecular formula is C14H21NO2S. The van der Waals surface area contributed by atoms with Crippen LogP contribution in [0.4, 0.5) is 0 Å². The second-order valence-electron chi connectivity index (χ2n) is 4.95. The van der Waals surface area contributed by atoms with E-state index in [1.165, 1.54) is 5.56 Å². The number of unbranched alkanes of at least 4 members (excludes halogenated alkanes) is 1. The Labute approximate surface area is 112 Å². The van der Waals surface area contributed by atoms with Gasteiger partial charge >= 0.3 is 5.97 Å². The fraction of sp³-hybridized carbons (Fsp3) is 0.643. The normalized spacial score (nSPS) is 22.2. The molecule has 0 aliphatic carbocycles. The number of aliphatic carboxylic acids is 1. The average Bonchev–Trinajstić information content (AvgIpc) is 3.00. The number of carbonyl (C=O) groups is 1. The summed E-state index contributed by atoms with van der Waals surface area (Å²) in [4.78, 5) is 13.5. The second kappa shape index (κ2) is 6.34. The Morgan fingerprint density at radius 3 is 3.11 bits per heavy atom. The van der Waals surface area contributed by atoms with E-state index < -0.39 is 5.97 Å². The summed E-state index contributed by atoms with van der Waals surface area (Å²) in [5.74, 6) is -0.663. The van der Waals surface area contributed by atoms with Gasteiger partial charge in [0.05, 0.1) is 0 Å². The van der Waals surface area contributed by atoms with Crippen molar-refractivity contribution in [3.05, 3.63) is 22.4 Å². The zero-order valence-electron chi connectivity index (χ0n) is 10.8. The minimum atomic E-state index is -0.663. The van der Waals surface area contributed by atoms with Crippen LogP contribution in [0.2, 0.25) is 0 Å².